The van der Waals surface area contributed by atoms with E-state index >= 15 is 0 Å². The first kappa shape index (κ1) is 24.2. The maximum absolute atomic E-state index is 13.0. The molecule has 33 heavy (non-hydrogen) atoms. The summed E-state index contributed by atoms with van der Waals surface area (Å²) in [6, 6.07) is 4.18. The van der Waals surface area contributed by atoms with E-state index in [2.05, 4.69) is 15.3 Å². The first-order chi connectivity index (χ1) is 15.4. The summed E-state index contributed by atoms with van der Waals surface area (Å²) >= 11 is 0. The minimum absolute atomic E-state index is 0.145. The highest BCUT2D eigenvalue weighted by molar-refractivity contribution is 6.40. The van der Waals surface area contributed by atoms with Crippen molar-refractivity contribution in [3.05, 3.63) is 82.3 Å². The molecule has 2 aromatic rings. The van der Waals surface area contributed by atoms with Gasteiger partial charge in [0.05, 0.1) is 27.0 Å². The third-order valence-electron chi connectivity index (χ3n) is 5.22. The standard InChI is InChI=1S/C21H21B2F3N6O/c1-12(8-16(27)19(33)31-20(22,23)14-2-5-29-6-3-14)18(28)32-7-4-17-13(11-32)9-15(10-30-17)21(24,25)26/h2-3,5-6,8-10H,4,7,11,27-28H2,1H3,(H,31,33)/b16-8-,18-12+. The summed E-state index contributed by atoms with van der Waals surface area (Å²) in [7, 11) is 12.0. The van der Waals surface area contributed by atoms with Crippen LogP contribution in [0.1, 0.15) is 29.3 Å². The topological polar surface area (TPSA) is 110 Å². The Balaban J connectivity index is 1.75. The van der Waals surface area contributed by atoms with Gasteiger partial charge in [-0.1, -0.05) is 0 Å². The molecule has 7 nitrogen and oxygen atoms in total. The lowest BCUT2D eigenvalue weighted by atomic mass is 9.58. The molecule has 1 aliphatic rings. The van der Waals surface area contributed by atoms with Crippen LogP contribution in [0.3, 0.4) is 0 Å². The monoisotopic (exact) mass is 452 g/mol. The Kier molecular flexibility index (Phi) is 6.76. The fourth-order valence-corrected chi connectivity index (χ4v) is 3.37. The number of hydrogen-bond donors (Lipinski definition) is 3. The Labute approximate surface area is 192 Å². The fourth-order valence-electron chi connectivity index (χ4n) is 3.37. The van der Waals surface area contributed by atoms with Crippen molar-refractivity contribution >= 4 is 21.6 Å². The third kappa shape index (κ3) is 5.68. The third-order valence-corrected chi connectivity index (χ3v) is 5.22. The molecule has 168 valence electrons. The zero-order chi connectivity index (χ0) is 24.4. The van der Waals surface area contributed by atoms with Crippen LogP contribution >= 0.6 is 0 Å². The van der Waals surface area contributed by atoms with Crippen LogP contribution in [0.4, 0.5) is 13.2 Å². The normalized spacial score (nSPS) is 15.5. The number of aromatic nitrogens is 2. The lowest BCUT2D eigenvalue weighted by molar-refractivity contribution is -0.138. The number of carbonyl (C=O) groups is 1. The molecule has 1 amide bonds. The Morgan fingerprint density at radius 3 is 2.52 bits per heavy atom. The summed E-state index contributed by atoms with van der Waals surface area (Å²) in [5.41, 5.74) is 13.0. The smallest absolute Gasteiger partial charge is 0.394 e. The summed E-state index contributed by atoms with van der Waals surface area (Å²) in [6.45, 7) is 2.23. The molecule has 0 spiro atoms. The van der Waals surface area contributed by atoms with Gasteiger partial charge >= 0.3 is 6.18 Å². The number of rotatable bonds is 5. The summed E-state index contributed by atoms with van der Waals surface area (Å²) in [4.78, 5) is 22.0. The highest BCUT2D eigenvalue weighted by Gasteiger charge is 2.32. The summed E-state index contributed by atoms with van der Waals surface area (Å²) in [5.74, 6) is -0.443. The highest BCUT2D eigenvalue weighted by Crippen LogP contribution is 2.31. The van der Waals surface area contributed by atoms with Crippen molar-refractivity contribution in [3.63, 3.8) is 0 Å². The predicted octanol–water partition coefficient (Wildman–Crippen LogP) is 1.15. The second-order valence-corrected chi connectivity index (χ2v) is 7.73. The number of nitrogens with zero attached hydrogens (tertiary/aromatic N) is 3. The number of alkyl halides is 3. The van der Waals surface area contributed by atoms with Crippen molar-refractivity contribution in [3.8, 4) is 0 Å². The minimum Gasteiger partial charge on any atom is -0.394 e. The van der Waals surface area contributed by atoms with Gasteiger partial charge in [-0.15, -0.1) is 0 Å². The summed E-state index contributed by atoms with van der Waals surface area (Å²) in [5, 5.41) is 0.754. The molecule has 2 aromatic heterocycles. The van der Waals surface area contributed by atoms with Crippen LogP contribution in [-0.2, 0) is 29.3 Å². The van der Waals surface area contributed by atoms with Crippen molar-refractivity contribution < 1.29 is 18.0 Å². The van der Waals surface area contributed by atoms with Crippen LogP contribution in [0.2, 0.25) is 0 Å². The number of hydrogen-bond acceptors (Lipinski definition) is 6. The fraction of sp³-hybridized carbons (Fsp3) is 0.286. The van der Waals surface area contributed by atoms with Gasteiger partial charge < -0.3 is 21.7 Å². The molecule has 0 unspecified atom stereocenters. The predicted molar refractivity (Wildman–Crippen MR) is 118 cm³/mol. The summed E-state index contributed by atoms with van der Waals surface area (Å²) < 4.78 is 39.1. The van der Waals surface area contributed by atoms with E-state index in [1.54, 1.807) is 24.0 Å². The van der Waals surface area contributed by atoms with Crippen molar-refractivity contribution in [2.24, 2.45) is 11.5 Å². The lowest BCUT2D eigenvalue weighted by Gasteiger charge is -2.31. The molecule has 1 aliphatic heterocycles. The molecule has 0 aliphatic carbocycles. The van der Waals surface area contributed by atoms with E-state index < -0.39 is 23.0 Å². The lowest BCUT2D eigenvalue weighted by Crippen LogP contribution is -2.48. The van der Waals surface area contributed by atoms with Gasteiger partial charge in [0, 0.05) is 43.8 Å². The molecule has 0 saturated heterocycles. The second kappa shape index (κ2) is 9.21. The van der Waals surface area contributed by atoms with E-state index in [0.29, 0.717) is 35.4 Å². The van der Waals surface area contributed by atoms with Gasteiger partial charge in [-0.2, -0.15) is 13.2 Å². The van der Waals surface area contributed by atoms with Crippen LogP contribution in [0.25, 0.3) is 0 Å². The molecule has 3 heterocycles. The van der Waals surface area contributed by atoms with E-state index in [1.807, 2.05) is 0 Å². The van der Waals surface area contributed by atoms with E-state index in [-0.39, 0.29) is 18.1 Å². The molecule has 0 bridgehead atoms. The average molecular weight is 452 g/mol. The zero-order valence-corrected chi connectivity index (χ0v) is 17.9. The van der Waals surface area contributed by atoms with Gasteiger partial charge in [0.25, 0.3) is 5.91 Å². The van der Waals surface area contributed by atoms with Crippen molar-refractivity contribution in [2.45, 2.75) is 31.4 Å². The van der Waals surface area contributed by atoms with Gasteiger partial charge in [0.15, 0.2) is 0 Å². The quantitative estimate of drug-likeness (QED) is 0.357. The maximum Gasteiger partial charge on any atom is 0.417 e. The molecule has 12 heteroatoms. The molecular formula is C21H21B2F3N6O. The van der Waals surface area contributed by atoms with Crippen LogP contribution < -0.4 is 16.8 Å². The van der Waals surface area contributed by atoms with Crippen LogP contribution in [0.5, 0.6) is 0 Å². The molecule has 4 radical (unpaired) electrons. The second-order valence-electron chi connectivity index (χ2n) is 7.73. The number of amides is 1. The van der Waals surface area contributed by atoms with Gasteiger partial charge in [-0.3, -0.25) is 14.8 Å². The van der Waals surface area contributed by atoms with Crippen LogP contribution in [0, 0.1) is 0 Å². The summed E-state index contributed by atoms with van der Waals surface area (Å²) in [6.07, 6.45) is 1.09. The Morgan fingerprint density at radius 1 is 1.21 bits per heavy atom. The SMILES string of the molecule is [B]C([B])(NC(=O)/C(N)=C/C(C)=C(\N)N1CCc2ncc(C(F)(F)F)cc2C1)c1ccncc1. The molecule has 3 rings (SSSR count). The first-order valence-corrected chi connectivity index (χ1v) is 9.92. The van der Waals surface area contributed by atoms with E-state index in [1.165, 1.54) is 18.5 Å². The van der Waals surface area contributed by atoms with Crippen molar-refractivity contribution in [1.29, 1.82) is 0 Å². The number of nitrogens with one attached hydrogen (secondary N) is 1. The molecule has 5 N–H and O–H groups in total. The van der Waals surface area contributed by atoms with Crippen LogP contribution in [-0.4, -0.2) is 43.0 Å². The maximum atomic E-state index is 13.0. The largest absolute Gasteiger partial charge is 0.417 e. The zero-order valence-electron chi connectivity index (χ0n) is 17.9. The van der Waals surface area contributed by atoms with E-state index in [4.69, 9.17) is 27.2 Å². The van der Waals surface area contributed by atoms with Gasteiger partial charge in [0.1, 0.15) is 5.82 Å². The Bertz CT molecular complexity index is 1100. The Morgan fingerprint density at radius 2 is 1.88 bits per heavy atom. The number of fused-ring (bicyclic) bond motifs is 1. The minimum atomic E-state index is -4.48. The van der Waals surface area contributed by atoms with Crippen molar-refractivity contribution in [2.75, 3.05) is 6.54 Å². The average Bonchev–Trinajstić information content (AvgIpc) is 2.77. The number of carbonyl (C=O) groups excluding carboxylic acids is 1. The molecule has 0 fully saturated rings. The number of halogens is 3. The number of nitrogens with two attached hydrogens (primary N) is 2. The van der Waals surface area contributed by atoms with E-state index in [9.17, 15) is 18.0 Å². The molecule has 0 atom stereocenters. The first-order valence-electron chi connectivity index (χ1n) is 9.92. The van der Waals surface area contributed by atoms with Gasteiger partial charge in [-0.05, 0) is 53.2 Å². The van der Waals surface area contributed by atoms with E-state index in [0.717, 1.165) is 12.3 Å². The van der Waals surface area contributed by atoms with Crippen molar-refractivity contribution in [1.82, 2.24) is 20.2 Å². The number of pyridine rings is 2. The van der Waals surface area contributed by atoms with Gasteiger partial charge in [0.2, 0.25) is 0 Å². The van der Waals surface area contributed by atoms with Crippen LogP contribution in [0.15, 0.2) is 60.0 Å². The molecular weight excluding hydrogens is 431 g/mol. The Hall–Kier alpha value is -3.43. The molecule has 0 saturated carbocycles. The number of allylic oxidation sites excluding steroid dienone is 2. The molecule has 0 aromatic carbocycles. The highest BCUT2D eigenvalue weighted by atomic mass is 19.4. The van der Waals surface area contributed by atoms with Gasteiger partial charge in [-0.25, -0.2) is 0 Å².